The van der Waals surface area contributed by atoms with Gasteiger partial charge < -0.3 is 31.1 Å². The number of aliphatic hydroxyl groups excluding tert-OH is 1. The van der Waals surface area contributed by atoms with Crippen LogP contribution in [-0.4, -0.2) is 82.7 Å². The molecule has 2 fully saturated rings. The van der Waals surface area contributed by atoms with Crippen LogP contribution in [0, 0.1) is 0 Å². The Morgan fingerprint density at radius 2 is 1.96 bits per heavy atom. The number of amides is 3. The van der Waals surface area contributed by atoms with Crippen molar-refractivity contribution >= 4 is 23.7 Å². The summed E-state index contributed by atoms with van der Waals surface area (Å²) in [4.78, 5) is 49.2. The average Bonchev–Trinajstić information content (AvgIpc) is 3.27. The lowest BCUT2D eigenvalue weighted by Crippen LogP contribution is -2.54. The molecule has 2 saturated heterocycles. The Morgan fingerprint density at radius 1 is 1.23 bits per heavy atom. The summed E-state index contributed by atoms with van der Waals surface area (Å²) < 4.78 is 0. The molecule has 146 valence electrons. The Morgan fingerprint density at radius 3 is 2.54 bits per heavy atom. The predicted molar refractivity (Wildman–Crippen MR) is 90.0 cm³/mol. The van der Waals surface area contributed by atoms with Gasteiger partial charge in [-0.05, 0) is 39.2 Å². The second-order valence-corrected chi connectivity index (χ2v) is 6.68. The van der Waals surface area contributed by atoms with Crippen LogP contribution in [0.2, 0.25) is 0 Å². The van der Waals surface area contributed by atoms with Crippen molar-refractivity contribution < 1.29 is 29.4 Å². The molecule has 0 aromatic rings. The van der Waals surface area contributed by atoms with Gasteiger partial charge in [0.2, 0.25) is 17.7 Å². The fraction of sp³-hybridized carbons (Fsp3) is 0.750. The zero-order valence-corrected chi connectivity index (χ0v) is 14.7. The van der Waals surface area contributed by atoms with E-state index in [1.807, 2.05) is 0 Å². The van der Waals surface area contributed by atoms with Crippen LogP contribution in [0.25, 0.3) is 0 Å². The number of rotatable bonds is 7. The predicted octanol–water partition coefficient (Wildman–Crippen LogP) is -2.20. The quantitative estimate of drug-likeness (QED) is 0.341. The molecule has 0 radical (unpaired) electrons. The van der Waals surface area contributed by atoms with Crippen LogP contribution < -0.4 is 16.0 Å². The maximum Gasteiger partial charge on any atom is 0.328 e. The topological polar surface area (TPSA) is 148 Å². The van der Waals surface area contributed by atoms with Crippen molar-refractivity contribution in [1.82, 2.24) is 20.9 Å². The minimum absolute atomic E-state index is 0.0929. The number of carboxylic acid groups (broad SMARTS) is 1. The third-order valence-corrected chi connectivity index (χ3v) is 4.69. The van der Waals surface area contributed by atoms with Gasteiger partial charge in [-0.25, -0.2) is 4.79 Å². The van der Waals surface area contributed by atoms with Gasteiger partial charge in [-0.1, -0.05) is 0 Å². The number of nitrogens with one attached hydrogen (secondary N) is 3. The first-order valence-electron chi connectivity index (χ1n) is 8.83. The molecule has 0 aromatic carbocycles. The third-order valence-electron chi connectivity index (χ3n) is 4.69. The third kappa shape index (κ3) is 4.92. The van der Waals surface area contributed by atoms with E-state index in [0.29, 0.717) is 19.4 Å². The monoisotopic (exact) mass is 370 g/mol. The summed E-state index contributed by atoms with van der Waals surface area (Å²) in [5, 5.41) is 26.0. The summed E-state index contributed by atoms with van der Waals surface area (Å²) in [5.41, 5.74) is 0. The van der Waals surface area contributed by atoms with Crippen molar-refractivity contribution in [2.45, 2.75) is 56.8 Å². The summed E-state index contributed by atoms with van der Waals surface area (Å²) in [6.07, 6.45) is 1.65. The molecule has 3 amide bonds. The highest BCUT2D eigenvalue weighted by molar-refractivity contribution is 5.93. The molecule has 2 heterocycles. The number of likely N-dealkylation sites (tertiary alicyclic amines) is 1. The zero-order chi connectivity index (χ0) is 19.3. The lowest BCUT2D eigenvalue weighted by Gasteiger charge is -2.26. The second-order valence-electron chi connectivity index (χ2n) is 6.68. The molecule has 0 aliphatic carbocycles. The minimum Gasteiger partial charge on any atom is -0.480 e. The summed E-state index contributed by atoms with van der Waals surface area (Å²) in [6, 6.07) is -2.32. The highest BCUT2D eigenvalue weighted by atomic mass is 16.4. The Kier molecular flexibility index (Phi) is 6.92. The molecule has 0 aromatic heterocycles. The molecule has 2 aliphatic rings. The van der Waals surface area contributed by atoms with Gasteiger partial charge in [0, 0.05) is 6.54 Å². The van der Waals surface area contributed by atoms with Gasteiger partial charge in [0.25, 0.3) is 0 Å². The van der Waals surface area contributed by atoms with Crippen molar-refractivity contribution in [2.75, 3.05) is 19.6 Å². The maximum atomic E-state index is 12.5. The lowest BCUT2D eigenvalue weighted by atomic mass is 10.1. The largest absolute Gasteiger partial charge is 0.480 e. The Bertz CT molecular complexity index is 561. The van der Waals surface area contributed by atoms with Crippen molar-refractivity contribution in [3.8, 4) is 0 Å². The van der Waals surface area contributed by atoms with Crippen LogP contribution in [0.5, 0.6) is 0 Å². The first-order valence-corrected chi connectivity index (χ1v) is 8.83. The smallest absolute Gasteiger partial charge is 0.328 e. The van der Waals surface area contributed by atoms with E-state index in [4.69, 9.17) is 5.11 Å². The van der Waals surface area contributed by atoms with E-state index in [1.165, 1.54) is 6.92 Å². The molecular weight excluding hydrogens is 344 g/mol. The van der Waals surface area contributed by atoms with E-state index in [9.17, 15) is 24.3 Å². The van der Waals surface area contributed by atoms with Gasteiger partial charge in [0.1, 0.15) is 6.04 Å². The van der Waals surface area contributed by atoms with Gasteiger partial charge in [-0.3, -0.25) is 14.4 Å². The number of aliphatic hydroxyl groups is 1. The molecule has 0 bridgehead atoms. The molecule has 0 saturated carbocycles. The summed E-state index contributed by atoms with van der Waals surface area (Å²) in [7, 11) is 0. The normalized spacial score (nSPS) is 24.8. The summed E-state index contributed by atoms with van der Waals surface area (Å²) in [5.74, 6) is -2.62. The highest BCUT2D eigenvalue weighted by Crippen LogP contribution is 2.20. The van der Waals surface area contributed by atoms with E-state index in [1.54, 1.807) is 4.90 Å². The number of hydrogen-bond donors (Lipinski definition) is 5. The average molecular weight is 370 g/mol. The fourth-order valence-electron chi connectivity index (χ4n) is 3.30. The van der Waals surface area contributed by atoms with E-state index < -0.39 is 42.5 Å². The fourth-order valence-corrected chi connectivity index (χ4v) is 3.30. The lowest BCUT2D eigenvalue weighted by molar-refractivity contribution is -0.145. The Labute approximate surface area is 151 Å². The molecular formula is C16H26N4O6. The number of nitrogens with zero attached hydrogens (tertiary/aromatic N) is 1. The van der Waals surface area contributed by atoms with Gasteiger partial charge >= 0.3 is 5.97 Å². The SMILES string of the molecule is CC(O)C(NC(=O)CNC(=O)C1CCCN1C(=O)C1CCCN1)C(=O)O. The molecule has 2 rings (SSSR count). The summed E-state index contributed by atoms with van der Waals surface area (Å²) in [6.45, 7) is 2.12. The summed E-state index contributed by atoms with van der Waals surface area (Å²) >= 11 is 0. The van der Waals surface area contributed by atoms with E-state index in [0.717, 1.165) is 19.4 Å². The standard InChI is InChI=1S/C16H26N4O6/c1-9(21)13(16(25)26)19-12(22)8-18-14(23)11-5-3-7-20(11)15(24)10-4-2-6-17-10/h9-11,13,17,21H,2-8H2,1H3,(H,18,23)(H,19,22)(H,25,26). The van der Waals surface area contributed by atoms with Crippen LogP contribution in [0.15, 0.2) is 0 Å². The van der Waals surface area contributed by atoms with Gasteiger partial charge in [0.05, 0.1) is 18.7 Å². The molecule has 4 unspecified atom stereocenters. The molecule has 2 aliphatic heterocycles. The van der Waals surface area contributed by atoms with Crippen LogP contribution >= 0.6 is 0 Å². The molecule has 10 heteroatoms. The van der Waals surface area contributed by atoms with Crippen molar-refractivity contribution in [3.63, 3.8) is 0 Å². The molecule has 4 atom stereocenters. The minimum atomic E-state index is -1.45. The molecule has 26 heavy (non-hydrogen) atoms. The second kappa shape index (κ2) is 8.95. The van der Waals surface area contributed by atoms with Gasteiger partial charge in [0.15, 0.2) is 6.04 Å². The van der Waals surface area contributed by atoms with Crippen LogP contribution in [-0.2, 0) is 19.2 Å². The van der Waals surface area contributed by atoms with Crippen molar-refractivity contribution in [3.05, 3.63) is 0 Å². The van der Waals surface area contributed by atoms with Crippen LogP contribution in [0.1, 0.15) is 32.6 Å². The molecule has 0 spiro atoms. The number of carboxylic acids is 1. The van der Waals surface area contributed by atoms with Gasteiger partial charge in [-0.2, -0.15) is 0 Å². The van der Waals surface area contributed by atoms with Crippen molar-refractivity contribution in [2.24, 2.45) is 0 Å². The maximum absolute atomic E-state index is 12.5. The van der Waals surface area contributed by atoms with Crippen molar-refractivity contribution in [1.29, 1.82) is 0 Å². The first kappa shape index (κ1) is 20.1. The number of carbonyl (C=O) groups is 4. The Hall–Kier alpha value is -2.20. The number of aliphatic carboxylic acids is 1. The molecule has 10 nitrogen and oxygen atoms in total. The first-order chi connectivity index (χ1) is 12.3. The van der Waals surface area contributed by atoms with E-state index in [-0.39, 0.29) is 11.9 Å². The zero-order valence-electron chi connectivity index (χ0n) is 14.7. The van der Waals surface area contributed by atoms with Crippen LogP contribution in [0.4, 0.5) is 0 Å². The van der Waals surface area contributed by atoms with Gasteiger partial charge in [-0.15, -0.1) is 0 Å². The molecule has 5 N–H and O–H groups in total. The van der Waals surface area contributed by atoms with E-state index >= 15 is 0 Å². The van der Waals surface area contributed by atoms with Crippen LogP contribution in [0.3, 0.4) is 0 Å². The number of hydrogen-bond acceptors (Lipinski definition) is 6. The Balaban J connectivity index is 1.85. The highest BCUT2D eigenvalue weighted by Gasteiger charge is 2.38. The van der Waals surface area contributed by atoms with E-state index in [2.05, 4.69) is 16.0 Å². The number of carbonyl (C=O) groups excluding carboxylic acids is 3.